The van der Waals surface area contributed by atoms with Gasteiger partial charge in [0.15, 0.2) is 11.5 Å². The van der Waals surface area contributed by atoms with Crippen LogP contribution in [0.4, 0.5) is 5.82 Å². The summed E-state index contributed by atoms with van der Waals surface area (Å²) in [5.74, 6) is 1.78. The largest absolute Gasteiger partial charge is 0.379 e. The summed E-state index contributed by atoms with van der Waals surface area (Å²) in [6, 6.07) is 4.09. The summed E-state index contributed by atoms with van der Waals surface area (Å²) in [6.07, 6.45) is 3.55. The molecule has 3 aromatic rings. The lowest BCUT2D eigenvalue weighted by molar-refractivity contribution is 0.122. The van der Waals surface area contributed by atoms with Crippen molar-refractivity contribution < 1.29 is 9.47 Å². The molecule has 0 saturated carbocycles. The molecule has 1 unspecified atom stereocenters. The van der Waals surface area contributed by atoms with Crippen LogP contribution in [0.25, 0.3) is 11.2 Å². The fourth-order valence-corrected chi connectivity index (χ4v) is 4.09. The predicted octanol–water partition coefficient (Wildman–Crippen LogP) is 1.51. The number of hydrogen-bond acceptors (Lipinski definition) is 8. The smallest absolute Gasteiger partial charge is 0.183 e. The minimum atomic E-state index is 0.0809. The van der Waals surface area contributed by atoms with E-state index in [1.165, 1.54) is 5.56 Å². The Kier molecular flexibility index (Phi) is 5.56. The number of H-pyrrole nitrogens is 1. The number of morpholine rings is 1. The summed E-state index contributed by atoms with van der Waals surface area (Å²) in [6.45, 7) is 8.96. The van der Waals surface area contributed by atoms with E-state index in [9.17, 15) is 0 Å². The van der Waals surface area contributed by atoms with Gasteiger partial charge in [-0.2, -0.15) is 0 Å². The van der Waals surface area contributed by atoms with Crippen LogP contribution in [0, 0.1) is 6.92 Å². The van der Waals surface area contributed by atoms with Gasteiger partial charge in [-0.1, -0.05) is 6.07 Å². The van der Waals surface area contributed by atoms with Gasteiger partial charge in [-0.3, -0.25) is 9.88 Å². The van der Waals surface area contributed by atoms with Gasteiger partial charge in [0.1, 0.15) is 11.3 Å². The number of aromatic amines is 1. The Morgan fingerprint density at radius 2 is 1.97 bits per heavy atom. The molecule has 9 heteroatoms. The number of aryl methyl sites for hydroxylation is 1. The number of hydrogen-bond donors (Lipinski definition) is 1. The molecule has 5 heterocycles. The summed E-state index contributed by atoms with van der Waals surface area (Å²) < 4.78 is 11.4. The molecule has 2 saturated heterocycles. The third kappa shape index (κ3) is 4.00. The Morgan fingerprint density at radius 1 is 1.10 bits per heavy atom. The zero-order chi connectivity index (χ0) is 20.3. The average molecular weight is 409 g/mol. The molecule has 1 N–H and O–H groups in total. The maximum absolute atomic E-state index is 5.93. The SMILES string of the molecule is Cc1cccnc1CN1CCOCC(c2nc(N3CCOCC3)c3[nH]cnc3n2)C1. The van der Waals surface area contributed by atoms with Crippen LogP contribution in [0.2, 0.25) is 0 Å². The zero-order valence-electron chi connectivity index (χ0n) is 17.3. The lowest BCUT2D eigenvalue weighted by atomic mass is 10.1. The minimum absolute atomic E-state index is 0.0809. The van der Waals surface area contributed by atoms with E-state index in [0.29, 0.717) is 32.1 Å². The topological polar surface area (TPSA) is 92.3 Å². The lowest BCUT2D eigenvalue weighted by Gasteiger charge is -2.29. The van der Waals surface area contributed by atoms with Crippen molar-refractivity contribution in [3.05, 3.63) is 41.7 Å². The second-order valence-electron chi connectivity index (χ2n) is 7.88. The number of aromatic nitrogens is 5. The first kappa shape index (κ1) is 19.3. The Bertz CT molecular complexity index is 1000. The van der Waals surface area contributed by atoms with Crippen molar-refractivity contribution in [1.29, 1.82) is 0 Å². The number of rotatable bonds is 4. The van der Waals surface area contributed by atoms with Gasteiger partial charge in [-0.25, -0.2) is 15.0 Å². The Balaban J connectivity index is 1.42. The van der Waals surface area contributed by atoms with E-state index in [1.54, 1.807) is 6.33 Å². The third-order valence-electron chi connectivity index (χ3n) is 5.80. The molecule has 3 aromatic heterocycles. The van der Waals surface area contributed by atoms with E-state index in [2.05, 4.69) is 37.7 Å². The van der Waals surface area contributed by atoms with Crippen molar-refractivity contribution in [2.24, 2.45) is 0 Å². The molecule has 5 rings (SSSR count). The number of nitrogens with one attached hydrogen (secondary N) is 1. The first-order chi connectivity index (χ1) is 14.8. The van der Waals surface area contributed by atoms with Crippen LogP contribution in [-0.4, -0.2) is 82.4 Å². The number of imidazole rings is 1. The van der Waals surface area contributed by atoms with Crippen LogP contribution in [-0.2, 0) is 16.0 Å². The van der Waals surface area contributed by atoms with Crippen molar-refractivity contribution in [2.45, 2.75) is 19.4 Å². The molecular formula is C21H27N7O2. The van der Waals surface area contributed by atoms with Crippen molar-refractivity contribution in [3.8, 4) is 0 Å². The minimum Gasteiger partial charge on any atom is -0.379 e. The van der Waals surface area contributed by atoms with E-state index in [4.69, 9.17) is 19.4 Å². The fourth-order valence-electron chi connectivity index (χ4n) is 4.09. The van der Waals surface area contributed by atoms with Crippen LogP contribution in [0.15, 0.2) is 24.7 Å². The summed E-state index contributed by atoms with van der Waals surface area (Å²) in [5.41, 5.74) is 3.91. The fraction of sp³-hybridized carbons (Fsp3) is 0.524. The lowest BCUT2D eigenvalue weighted by Crippen LogP contribution is -2.37. The monoisotopic (exact) mass is 409 g/mol. The third-order valence-corrected chi connectivity index (χ3v) is 5.80. The Morgan fingerprint density at radius 3 is 2.83 bits per heavy atom. The van der Waals surface area contributed by atoms with E-state index in [1.807, 2.05) is 12.3 Å². The van der Waals surface area contributed by atoms with Crippen molar-refractivity contribution in [2.75, 3.05) is 57.5 Å². The normalized spacial score (nSPS) is 21.1. The molecule has 9 nitrogen and oxygen atoms in total. The molecule has 0 radical (unpaired) electrons. The Hall–Kier alpha value is -2.62. The van der Waals surface area contributed by atoms with Gasteiger partial charge in [0.05, 0.1) is 44.4 Å². The standard InChI is InChI=1S/C21H27N7O2/c1-15-3-2-4-22-17(15)12-27-5-8-30-13-16(11-27)19-25-20-18(23-14-24-20)21(26-19)28-6-9-29-10-7-28/h2-4,14,16H,5-13H2,1H3,(H,23,24,25,26). The number of nitrogens with zero attached hydrogens (tertiary/aromatic N) is 6. The number of fused-ring (bicyclic) bond motifs is 1. The number of ether oxygens (including phenoxy) is 2. The predicted molar refractivity (Wildman–Crippen MR) is 113 cm³/mol. The molecule has 2 aliphatic rings. The van der Waals surface area contributed by atoms with E-state index < -0.39 is 0 Å². The van der Waals surface area contributed by atoms with Crippen LogP contribution in [0.5, 0.6) is 0 Å². The molecule has 30 heavy (non-hydrogen) atoms. The highest BCUT2D eigenvalue weighted by Crippen LogP contribution is 2.26. The summed E-state index contributed by atoms with van der Waals surface area (Å²) >= 11 is 0. The van der Waals surface area contributed by atoms with Crippen molar-refractivity contribution >= 4 is 17.0 Å². The summed E-state index contributed by atoms with van der Waals surface area (Å²) in [4.78, 5) is 26.6. The molecule has 0 spiro atoms. The van der Waals surface area contributed by atoms with E-state index in [0.717, 1.165) is 55.6 Å². The maximum atomic E-state index is 5.93. The molecule has 0 amide bonds. The van der Waals surface area contributed by atoms with Gasteiger partial charge in [0.25, 0.3) is 0 Å². The van der Waals surface area contributed by atoms with E-state index in [-0.39, 0.29) is 5.92 Å². The van der Waals surface area contributed by atoms with Crippen molar-refractivity contribution in [1.82, 2.24) is 29.8 Å². The highest BCUT2D eigenvalue weighted by molar-refractivity contribution is 5.83. The van der Waals surface area contributed by atoms with Gasteiger partial charge in [0.2, 0.25) is 0 Å². The molecule has 2 fully saturated rings. The van der Waals surface area contributed by atoms with Gasteiger partial charge in [-0.15, -0.1) is 0 Å². The molecule has 0 aliphatic carbocycles. The Labute approximate surface area is 175 Å². The van der Waals surface area contributed by atoms with Crippen LogP contribution < -0.4 is 4.90 Å². The quantitative estimate of drug-likeness (QED) is 0.693. The van der Waals surface area contributed by atoms with Crippen molar-refractivity contribution in [3.63, 3.8) is 0 Å². The number of pyridine rings is 1. The first-order valence-electron chi connectivity index (χ1n) is 10.5. The van der Waals surface area contributed by atoms with E-state index >= 15 is 0 Å². The van der Waals surface area contributed by atoms with Crippen LogP contribution in [0.3, 0.4) is 0 Å². The molecular weight excluding hydrogens is 382 g/mol. The highest BCUT2D eigenvalue weighted by Gasteiger charge is 2.26. The summed E-state index contributed by atoms with van der Waals surface area (Å²) in [7, 11) is 0. The second kappa shape index (κ2) is 8.63. The molecule has 2 aliphatic heterocycles. The van der Waals surface area contributed by atoms with Crippen LogP contribution >= 0.6 is 0 Å². The number of anilines is 1. The van der Waals surface area contributed by atoms with Gasteiger partial charge < -0.3 is 19.4 Å². The summed E-state index contributed by atoms with van der Waals surface area (Å²) in [5, 5.41) is 0. The molecule has 0 aromatic carbocycles. The van der Waals surface area contributed by atoms with Gasteiger partial charge in [-0.05, 0) is 18.6 Å². The molecule has 1 atom stereocenters. The zero-order valence-corrected chi connectivity index (χ0v) is 17.3. The molecule has 158 valence electrons. The van der Waals surface area contributed by atoms with Gasteiger partial charge in [0, 0.05) is 38.9 Å². The average Bonchev–Trinajstić information content (AvgIpc) is 3.13. The maximum Gasteiger partial charge on any atom is 0.183 e. The highest BCUT2D eigenvalue weighted by atomic mass is 16.5. The first-order valence-corrected chi connectivity index (χ1v) is 10.5. The second-order valence-corrected chi connectivity index (χ2v) is 7.88. The van der Waals surface area contributed by atoms with Crippen LogP contribution in [0.1, 0.15) is 23.0 Å². The molecule has 0 bridgehead atoms. The van der Waals surface area contributed by atoms with Gasteiger partial charge >= 0.3 is 0 Å².